The van der Waals surface area contributed by atoms with Crippen LogP contribution in [-0.2, 0) is 10.0 Å². The van der Waals surface area contributed by atoms with Gasteiger partial charge in [-0.25, -0.2) is 8.42 Å². The molecule has 1 saturated heterocycles. The smallest absolute Gasteiger partial charge is 0.276 e. The summed E-state index contributed by atoms with van der Waals surface area (Å²) in [5.74, 6) is 0. The zero-order valence-electron chi connectivity index (χ0n) is 8.30. The van der Waals surface area contributed by atoms with Crippen LogP contribution in [0.4, 0.5) is 0 Å². The number of nitrogens with zero attached hydrogens (tertiary/aromatic N) is 1. The number of sulfonamides is 1. The molecule has 2 N–H and O–H groups in total. The number of hydrogen-bond acceptors (Lipinski definition) is 4. The molecule has 1 aliphatic rings. The molecule has 8 heteroatoms. The normalized spacial score (nSPS) is 22.0. The predicted molar refractivity (Wildman–Crippen MR) is 65.0 cm³/mol. The second-order valence-electron chi connectivity index (χ2n) is 3.47. The Morgan fingerprint density at radius 1 is 1.50 bits per heavy atom. The summed E-state index contributed by atoms with van der Waals surface area (Å²) in [6.07, 6.45) is 0.696. The van der Waals surface area contributed by atoms with E-state index in [4.69, 9.17) is 10.2 Å². The summed E-state index contributed by atoms with van der Waals surface area (Å²) < 4.78 is 30.7. The van der Waals surface area contributed by atoms with Gasteiger partial charge in [0.25, 0.3) is 10.0 Å². The van der Waals surface area contributed by atoms with Crippen LogP contribution in [-0.4, -0.2) is 31.9 Å². The molecule has 0 aromatic carbocycles. The summed E-state index contributed by atoms with van der Waals surface area (Å²) >= 11 is 3.07. The Morgan fingerprint density at radius 2 is 2.19 bits per heavy atom. The van der Waals surface area contributed by atoms with Crippen LogP contribution in [0.3, 0.4) is 0 Å². The highest BCUT2D eigenvalue weighted by Crippen LogP contribution is 2.24. The first-order valence-electron chi connectivity index (χ1n) is 4.51. The highest BCUT2D eigenvalue weighted by Gasteiger charge is 2.32. The van der Waals surface area contributed by atoms with Crippen molar-refractivity contribution in [3.8, 4) is 0 Å². The molecular formula is C8H12BrClN2O3S. The lowest BCUT2D eigenvalue weighted by atomic mass is 10.3. The first-order valence-corrected chi connectivity index (χ1v) is 6.74. The number of hydrogen-bond donors (Lipinski definition) is 1. The van der Waals surface area contributed by atoms with Crippen LogP contribution in [0, 0.1) is 0 Å². The molecule has 5 nitrogen and oxygen atoms in total. The molecule has 0 radical (unpaired) electrons. The Kier molecular flexibility index (Phi) is 4.42. The fourth-order valence-electron chi connectivity index (χ4n) is 1.54. The van der Waals surface area contributed by atoms with Crippen LogP contribution in [0.15, 0.2) is 26.3 Å². The quantitative estimate of drug-likeness (QED) is 0.883. The molecule has 16 heavy (non-hydrogen) atoms. The Morgan fingerprint density at radius 3 is 2.62 bits per heavy atom. The lowest BCUT2D eigenvalue weighted by Crippen LogP contribution is -2.31. The second kappa shape index (κ2) is 5.05. The average molecular weight is 332 g/mol. The molecule has 92 valence electrons. The molecule has 0 aliphatic carbocycles. The molecule has 1 aliphatic heterocycles. The van der Waals surface area contributed by atoms with E-state index < -0.39 is 10.0 Å². The summed E-state index contributed by atoms with van der Waals surface area (Å²) in [5, 5.41) is -0.0384. The summed E-state index contributed by atoms with van der Waals surface area (Å²) in [4.78, 5) is 0. The summed E-state index contributed by atoms with van der Waals surface area (Å²) in [6.45, 7) is 0.822. The van der Waals surface area contributed by atoms with Gasteiger partial charge in [-0.05, 0) is 34.5 Å². The van der Waals surface area contributed by atoms with Gasteiger partial charge in [-0.1, -0.05) is 0 Å². The Balaban J connectivity index is 0.00000128. The lowest BCUT2D eigenvalue weighted by molar-refractivity contribution is 0.399. The van der Waals surface area contributed by atoms with Gasteiger partial charge in [0.05, 0.1) is 0 Å². The molecule has 0 unspecified atom stereocenters. The summed E-state index contributed by atoms with van der Waals surface area (Å²) in [6, 6.07) is 2.92. The Labute approximate surface area is 109 Å². The molecule has 0 bridgehead atoms. The second-order valence-corrected chi connectivity index (χ2v) is 6.12. The fourth-order valence-corrected chi connectivity index (χ4v) is 3.37. The number of halogens is 2. The minimum atomic E-state index is -3.49. The van der Waals surface area contributed by atoms with Gasteiger partial charge in [0, 0.05) is 19.1 Å². The van der Waals surface area contributed by atoms with Gasteiger partial charge in [-0.2, -0.15) is 4.31 Å². The van der Waals surface area contributed by atoms with Crippen LogP contribution >= 0.6 is 28.3 Å². The van der Waals surface area contributed by atoms with Crippen molar-refractivity contribution < 1.29 is 12.8 Å². The molecule has 2 rings (SSSR count). The topological polar surface area (TPSA) is 76.5 Å². The van der Waals surface area contributed by atoms with Crippen molar-refractivity contribution in [1.29, 1.82) is 0 Å². The molecule has 1 atom stereocenters. The van der Waals surface area contributed by atoms with Crippen molar-refractivity contribution in [2.24, 2.45) is 5.73 Å². The monoisotopic (exact) mass is 330 g/mol. The van der Waals surface area contributed by atoms with Crippen LogP contribution in [0.5, 0.6) is 0 Å². The summed E-state index contributed by atoms with van der Waals surface area (Å²) in [7, 11) is -3.49. The van der Waals surface area contributed by atoms with Gasteiger partial charge in [0.2, 0.25) is 5.09 Å². The predicted octanol–water partition coefficient (Wildman–Crippen LogP) is 1.19. The highest BCUT2D eigenvalue weighted by atomic mass is 79.9. The standard InChI is InChI=1S/C8H11BrN2O3S.ClH/c9-7-1-2-8(14-7)15(12,13)11-4-3-6(10)5-11;/h1-2,6H,3-5,10H2;1H/t6-;/m1./s1. The number of rotatable bonds is 2. The molecule has 0 saturated carbocycles. The van der Waals surface area contributed by atoms with E-state index in [9.17, 15) is 8.42 Å². The van der Waals surface area contributed by atoms with E-state index in [1.807, 2.05) is 0 Å². The SMILES string of the molecule is Cl.N[C@@H]1CCN(S(=O)(=O)c2ccc(Br)o2)C1. The van der Waals surface area contributed by atoms with Crippen molar-refractivity contribution >= 4 is 38.4 Å². The van der Waals surface area contributed by atoms with E-state index in [1.165, 1.54) is 10.4 Å². The third kappa shape index (κ3) is 2.60. The van der Waals surface area contributed by atoms with E-state index in [-0.39, 0.29) is 23.5 Å². The van der Waals surface area contributed by atoms with Crippen molar-refractivity contribution in [3.05, 3.63) is 16.8 Å². The zero-order chi connectivity index (χ0) is 11.1. The maximum atomic E-state index is 11.9. The van der Waals surface area contributed by atoms with E-state index >= 15 is 0 Å². The van der Waals surface area contributed by atoms with Crippen LogP contribution in [0.1, 0.15) is 6.42 Å². The first kappa shape index (κ1) is 14.0. The maximum absolute atomic E-state index is 11.9. The largest absolute Gasteiger partial charge is 0.437 e. The Bertz CT molecular complexity index is 462. The molecule has 1 aromatic rings. The van der Waals surface area contributed by atoms with Crippen molar-refractivity contribution in [2.45, 2.75) is 17.6 Å². The van der Waals surface area contributed by atoms with Crippen LogP contribution in [0.2, 0.25) is 0 Å². The van der Waals surface area contributed by atoms with Gasteiger partial charge in [0.15, 0.2) is 4.67 Å². The van der Waals surface area contributed by atoms with Gasteiger partial charge in [0.1, 0.15) is 0 Å². The van der Waals surface area contributed by atoms with Crippen molar-refractivity contribution in [1.82, 2.24) is 4.31 Å². The van der Waals surface area contributed by atoms with Gasteiger partial charge < -0.3 is 10.2 Å². The average Bonchev–Trinajstić information content (AvgIpc) is 2.74. The fraction of sp³-hybridized carbons (Fsp3) is 0.500. The molecule has 1 aromatic heterocycles. The van der Waals surface area contributed by atoms with Crippen molar-refractivity contribution in [2.75, 3.05) is 13.1 Å². The van der Waals surface area contributed by atoms with Crippen LogP contribution in [0.25, 0.3) is 0 Å². The minimum absolute atomic E-state index is 0. The molecule has 2 heterocycles. The van der Waals surface area contributed by atoms with Gasteiger partial charge in [-0.3, -0.25) is 0 Å². The molecule has 0 amide bonds. The van der Waals surface area contributed by atoms with E-state index in [1.54, 1.807) is 6.07 Å². The lowest BCUT2D eigenvalue weighted by Gasteiger charge is -2.13. The third-order valence-electron chi connectivity index (χ3n) is 2.33. The van der Waals surface area contributed by atoms with Crippen molar-refractivity contribution in [3.63, 3.8) is 0 Å². The van der Waals surface area contributed by atoms with E-state index in [0.29, 0.717) is 24.2 Å². The van der Waals surface area contributed by atoms with E-state index in [0.717, 1.165) is 0 Å². The van der Waals surface area contributed by atoms with E-state index in [2.05, 4.69) is 15.9 Å². The maximum Gasteiger partial charge on any atom is 0.276 e. The molecular weight excluding hydrogens is 320 g/mol. The zero-order valence-corrected chi connectivity index (χ0v) is 11.5. The summed E-state index contributed by atoms with van der Waals surface area (Å²) in [5.41, 5.74) is 5.66. The molecule has 1 fully saturated rings. The first-order chi connectivity index (χ1) is 7.00. The third-order valence-corrected chi connectivity index (χ3v) is 4.50. The number of furan rings is 1. The Hall–Kier alpha value is -0.0800. The molecule has 0 spiro atoms. The van der Waals surface area contributed by atoms with Gasteiger partial charge in [-0.15, -0.1) is 12.4 Å². The minimum Gasteiger partial charge on any atom is -0.437 e. The highest BCUT2D eigenvalue weighted by molar-refractivity contribution is 9.10. The number of nitrogens with two attached hydrogens (primary N) is 1. The van der Waals surface area contributed by atoms with Gasteiger partial charge >= 0.3 is 0 Å². The van der Waals surface area contributed by atoms with Crippen LogP contribution < -0.4 is 5.73 Å².